The Kier molecular flexibility index (Phi) is 5.48. The third-order valence-electron chi connectivity index (χ3n) is 6.79. The van der Waals surface area contributed by atoms with Crippen molar-refractivity contribution < 1.29 is 14.0 Å². The van der Waals surface area contributed by atoms with Crippen molar-refractivity contribution in [3.63, 3.8) is 0 Å². The van der Waals surface area contributed by atoms with Crippen molar-refractivity contribution in [1.29, 1.82) is 0 Å². The molecule has 0 N–H and O–H groups in total. The molecule has 1 aliphatic carbocycles. The van der Waals surface area contributed by atoms with E-state index in [4.69, 9.17) is 0 Å². The summed E-state index contributed by atoms with van der Waals surface area (Å²) in [7, 11) is 0. The van der Waals surface area contributed by atoms with Gasteiger partial charge in [0, 0.05) is 50.4 Å². The van der Waals surface area contributed by atoms with Crippen molar-refractivity contribution in [2.45, 2.75) is 37.8 Å². The molecule has 31 heavy (non-hydrogen) atoms. The summed E-state index contributed by atoms with van der Waals surface area (Å²) in [6, 6.07) is 17.0. The van der Waals surface area contributed by atoms with Gasteiger partial charge in [-0.05, 0) is 49.1 Å². The molecule has 3 fully saturated rings. The summed E-state index contributed by atoms with van der Waals surface area (Å²) >= 11 is 0. The molecule has 0 radical (unpaired) electrons. The van der Waals surface area contributed by atoms with Gasteiger partial charge in [-0.2, -0.15) is 0 Å². The lowest BCUT2D eigenvalue weighted by atomic mass is 9.98. The number of carbonyl (C=O) groups excluding carboxylic acids is 2. The van der Waals surface area contributed by atoms with Gasteiger partial charge in [0.15, 0.2) is 0 Å². The highest BCUT2D eigenvalue weighted by atomic mass is 19.1. The van der Waals surface area contributed by atoms with E-state index in [2.05, 4.69) is 17.0 Å². The first-order valence-corrected chi connectivity index (χ1v) is 11.2. The van der Waals surface area contributed by atoms with Gasteiger partial charge in [0.2, 0.25) is 11.8 Å². The van der Waals surface area contributed by atoms with Crippen molar-refractivity contribution in [2.75, 3.05) is 31.1 Å². The van der Waals surface area contributed by atoms with Crippen molar-refractivity contribution in [2.24, 2.45) is 5.92 Å². The van der Waals surface area contributed by atoms with Crippen LogP contribution in [-0.4, -0.2) is 59.9 Å². The second kappa shape index (κ2) is 8.42. The van der Waals surface area contributed by atoms with E-state index in [0.29, 0.717) is 24.8 Å². The Balaban J connectivity index is 1.31. The molecule has 2 aromatic carbocycles. The molecule has 6 heteroatoms. The smallest absolute Gasteiger partial charge is 0.228 e. The second-order valence-corrected chi connectivity index (χ2v) is 8.98. The van der Waals surface area contributed by atoms with Crippen LogP contribution in [0.25, 0.3) is 0 Å². The molecular weight excluding hydrogens is 393 g/mol. The number of hydrogen-bond donors (Lipinski definition) is 0. The number of amides is 2. The van der Waals surface area contributed by atoms with Crippen molar-refractivity contribution in [3.05, 3.63) is 66.0 Å². The maximum absolute atomic E-state index is 13.5. The minimum Gasteiger partial charge on any atom is -0.336 e. The van der Waals surface area contributed by atoms with Gasteiger partial charge in [-0.1, -0.05) is 30.3 Å². The van der Waals surface area contributed by atoms with Crippen LogP contribution in [0.15, 0.2) is 54.6 Å². The first-order chi connectivity index (χ1) is 15.1. The van der Waals surface area contributed by atoms with Gasteiger partial charge < -0.3 is 9.80 Å². The zero-order chi connectivity index (χ0) is 21.4. The van der Waals surface area contributed by atoms with Crippen LogP contribution in [0.5, 0.6) is 0 Å². The van der Waals surface area contributed by atoms with Crippen LogP contribution in [0.4, 0.5) is 10.1 Å². The highest BCUT2D eigenvalue weighted by Crippen LogP contribution is 2.32. The zero-order valence-electron chi connectivity index (χ0n) is 17.6. The van der Waals surface area contributed by atoms with Gasteiger partial charge in [-0.3, -0.25) is 14.5 Å². The normalized spacial score (nSPS) is 24.6. The van der Waals surface area contributed by atoms with Crippen LogP contribution in [0.3, 0.4) is 0 Å². The van der Waals surface area contributed by atoms with Crippen molar-refractivity contribution in [3.8, 4) is 0 Å². The van der Waals surface area contributed by atoms with E-state index in [9.17, 15) is 14.0 Å². The molecule has 5 rings (SSSR count). The molecule has 0 spiro atoms. The summed E-state index contributed by atoms with van der Waals surface area (Å²) in [5, 5.41) is 0. The second-order valence-electron chi connectivity index (χ2n) is 8.98. The molecule has 2 heterocycles. The number of hydrogen-bond acceptors (Lipinski definition) is 3. The first-order valence-electron chi connectivity index (χ1n) is 11.2. The molecule has 2 saturated heterocycles. The molecule has 2 unspecified atom stereocenters. The summed E-state index contributed by atoms with van der Waals surface area (Å²) < 4.78 is 13.3. The third-order valence-corrected chi connectivity index (χ3v) is 6.79. The predicted molar refractivity (Wildman–Crippen MR) is 117 cm³/mol. The molecule has 2 atom stereocenters. The third kappa shape index (κ3) is 4.35. The van der Waals surface area contributed by atoms with Crippen molar-refractivity contribution >= 4 is 17.5 Å². The topological polar surface area (TPSA) is 43.9 Å². The molecule has 2 aromatic rings. The Morgan fingerprint density at radius 1 is 0.968 bits per heavy atom. The fourth-order valence-electron chi connectivity index (χ4n) is 4.98. The minimum absolute atomic E-state index is 0.0683. The SMILES string of the molecule is O=C1CC(C(=O)N2CCN(C3CC3)CC2Cc2ccccc2)CN1c1ccc(F)cc1. The number of anilines is 1. The first kappa shape index (κ1) is 20.2. The summed E-state index contributed by atoms with van der Waals surface area (Å²) in [5.74, 6) is -0.667. The van der Waals surface area contributed by atoms with Crippen LogP contribution in [-0.2, 0) is 16.0 Å². The monoisotopic (exact) mass is 421 g/mol. The predicted octanol–water partition coefficient (Wildman–Crippen LogP) is 3.10. The lowest BCUT2D eigenvalue weighted by molar-refractivity contribution is -0.140. The van der Waals surface area contributed by atoms with Gasteiger partial charge in [-0.15, -0.1) is 0 Å². The number of carbonyl (C=O) groups is 2. The van der Waals surface area contributed by atoms with Crippen LogP contribution in [0.2, 0.25) is 0 Å². The molecule has 2 aliphatic heterocycles. The Labute approximate surface area is 182 Å². The van der Waals surface area contributed by atoms with Crippen LogP contribution in [0, 0.1) is 11.7 Å². The standard InChI is InChI=1S/C25H28FN3O2/c26-20-6-8-22(9-7-20)29-16-19(15-24(29)30)25(31)28-13-12-27(21-10-11-21)17-23(28)14-18-4-2-1-3-5-18/h1-9,19,21,23H,10-17H2. The largest absolute Gasteiger partial charge is 0.336 e. The Morgan fingerprint density at radius 3 is 2.42 bits per heavy atom. The van der Waals surface area contributed by atoms with Crippen LogP contribution >= 0.6 is 0 Å². The van der Waals surface area contributed by atoms with E-state index in [0.717, 1.165) is 19.5 Å². The van der Waals surface area contributed by atoms with Crippen LogP contribution in [0.1, 0.15) is 24.8 Å². The Bertz CT molecular complexity index is 945. The van der Waals surface area contributed by atoms with Gasteiger partial charge in [0.1, 0.15) is 5.82 Å². The maximum Gasteiger partial charge on any atom is 0.228 e. The summed E-state index contributed by atoms with van der Waals surface area (Å²) in [6.07, 6.45) is 3.57. The number of halogens is 1. The van der Waals surface area contributed by atoms with Gasteiger partial charge in [0.05, 0.1) is 5.92 Å². The fourth-order valence-corrected chi connectivity index (χ4v) is 4.98. The fraction of sp³-hybridized carbons (Fsp3) is 0.440. The van der Waals surface area contributed by atoms with E-state index >= 15 is 0 Å². The Morgan fingerprint density at radius 2 is 1.71 bits per heavy atom. The summed E-state index contributed by atoms with van der Waals surface area (Å²) in [5.41, 5.74) is 1.89. The van der Waals surface area contributed by atoms with E-state index < -0.39 is 0 Å². The number of piperazine rings is 1. The molecule has 0 aromatic heterocycles. The summed E-state index contributed by atoms with van der Waals surface area (Å²) in [4.78, 5) is 32.3. The zero-order valence-corrected chi connectivity index (χ0v) is 17.6. The molecule has 0 bridgehead atoms. The number of nitrogens with zero attached hydrogens (tertiary/aromatic N) is 3. The summed E-state index contributed by atoms with van der Waals surface area (Å²) in [6.45, 7) is 2.88. The van der Waals surface area contributed by atoms with Crippen LogP contribution < -0.4 is 4.90 Å². The quantitative estimate of drug-likeness (QED) is 0.745. The average molecular weight is 422 g/mol. The van der Waals surface area contributed by atoms with Gasteiger partial charge >= 0.3 is 0 Å². The molecular formula is C25H28FN3O2. The maximum atomic E-state index is 13.5. The van der Waals surface area contributed by atoms with E-state index in [1.54, 1.807) is 17.0 Å². The highest BCUT2D eigenvalue weighted by Gasteiger charge is 2.42. The molecule has 3 aliphatic rings. The van der Waals surface area contributed by atoms with E-state index in [1.807, 2.05) is 23.1 Å². The Hall–Kier alpha value is -2.73. The van der Waals surface area contributed by atoms with E-state index in [-0.39, 0.29) is 36.0 Å². The highest BCUT2D eigenvalue weighted by molar-refractivity contribution is 6.00. The molecule has 5 nitrogen and oxygen atoms in total. The van der Waals surface area contributed by atoms with Gasteiger partial charge in [-0.25, -0.2) is 4.39 Å². The minimum atomic E-state index is -0.344. The number of benzene rings is 2. The number of rotatable bonds is 5. The van der Waals surface area contributed by atoms with E-state index in [1.165, 1.54) is 30.5 Å². The molecule has 1 saturated carbocycles. The van der Waals surface area contributed by atoms with Gasteiger partial charge in [0.25, 0.3) is 0 Å². The molecule has 2 amide bonds. The lowest BCUT2D eigenvalue weighted by Crippen LogP contribution is -2.57. The van der Waals surface area contributed by atoms with Crippen molar-refractivity contribution in [1.82, 2.24) is 9.80 Å². The average Bonchev–Trinajstić information content (AvgIpc) is 3.56. The lowest BCUT2D eigenvalue weighted by Gasteiger charge is -2.42. The molecule has 162 valence electrons.